The van der Waals surface area contributed by atoms with E-state index in [4.69, 9.17) is 22.5 Å². The number of nitrogens with two attached hydrogens (primary N) is 1. The molecule has 1 aliphatic carbocycles. The minimum Gasteiger partial charge on any atom is -0.494 e. The van der Waals surface area contributed by atoms with Crippen molar-refractivity contribution >= 4 is 28.2 Å². The van der Waals surface area contributed by atoms with Crippen molar-refractivity contribution in [1.29, 1.82) is 0 Å². The summed E-state index contributed by atoms with van der Waals surface area (Å²) in [6.45, 7) is 0.801. The van der Waals surface area contributed by atoms with Crippen LogP contribution >= 0.6 is 11.6 Å². The molecular weight excluding hydrogens is 266 g/mol. The summed E-state index contributed by atoms with van der Waals surface area (Å²) in [5.74, 6) is 0.825. The second-order valence-electron chi connectivity index (χ2n) is 4.96. The van der Waals surface area contributed by atoms with Gasteiger partial charge in [0.05, 0.1) is 10.4 Å². The summed E-state index contributed by atoms with van der Waals surface area (Å²) >= 11 is 6.17. The number of amidine groups is 1. The van der Waals surface area contributed by atoms with Crippen molar-refractivity contribution in [3.63, 3.8) is 0 Å². The van der Waals surface area contributed by atoms with Crippen LogP contribution in [-0.4, -0.2) is 20.7 Å². The van der Waals surface area contributed by atoms with Crippen molar-refractivity contribution in [2.24, 2.45) is 16.8 Å². The molecule has 0 radical (unpaired) electrons. The quantitative estimate of drug-likeness (QED) is 0.349. The standard InChI is InChI=1S/C13H14ClN3O2/c14-10-4-8(12(15)16-19)3-9-6-17(5-7-1-2-7)13(18)11(9)10/h3-4,6-7,18-19H,1-2,5H2,(H2,15,16). The molecule has 1 heterocycles. The molecule has 1 saturated carbocycles. The highest BCUT2D eigenvalue weighted by molar-refractivity contribution is 6.36. The van der Waals surface area contributed by atoms with Gasteiger partial charge < -0.3 is 20.6 Å². The number of halogens is 1. The third-order valence-electron chi connectivity index (χ3n) is 3.47. The molecule has 3 rings (SSSR count). The Kier molecular flexibility index (Phi) is 2.78. The van der Waals surface area contributed by atoms with Crippen LogP contribution in [0.25, 0.3) is 10.8 Å². The van der Waals surface area contributed by atoms with Gasteiger partial charge in [-0.05, 0) is 30.9 Å². The summed E-state index contributed by atoms with van der Waals surface area (Å²) in [6, 6.07) is 3.33. The first kappa shape index (κ1) is 12.2. The highest BCUT2D eigenvalue weighted by Gasteiger charge is 2.24. The smallest absolute Gasteiger partial charge is 0.200 e. The van der Waals surface area contributed by atoms with Gasteiger partial charge in [0.2, 0.25) is 5.88 Å². The van der Waals surface area contributed by atoms with Gasteiger partial charge in [0, 0.05) is 23.7 Å². The maximum absolute atomic E-state index is 10.2. The topological polar surface area (TPSA) is 83.8 Å². The fourth-order valence-corrected chi connectivity index (χ4v) is 2.57. The molecule has 2 aromatic rings. The van der Waals surface area contributed by atoms with E-state index in [0.29, 0.717) is 21.9 Å². The number of fused-ring (bicyclic) bond motifs is 1. The van der Waals surface area contributed by atoms with Crippen molar-refractivity contribution in [3.05, 3.63) is 28.9 Å². The first-order valence-corrected chi connectivity index (χ1v) is 6.47. The Morgan fingerprint density at radius 1 is 1.47 bits per heavy atom. The van der Waals surface area contributed by atoms with Crippen LogP contribution in [0.5, 0.6) is 5.88 Å². The second kappa shape index (κ2) is 4.35. The van der Waals surface area contributed by atoms with Gasteiger partial charge in [0.1, 0.15) is 0 Å². The third-order valence-corrected chi connectivity index (χ3v) is 3.76. The maximum Gasteiger partial charge on any atom is 0.200 e. The average Bonchev–Trinajstić information content (AvgIpc) is 3.14. The number of aromatic nitrogens is 1. The molecular formula is C13H14ClN3O2. The van der Waals surface area contributed by atoms with Gasteiger partial charge in [-0.2, -0.15) is 0 Å². The summed E-state index contributed by atoms with van der Waals surface area (Å²) < 4.78 is 1.81. The maximum atomic E-state index is 10.2. The van der Waals surface area contributed by atoms with Gasteiger partial charge >= 0.3 is 0 Å². The van der Waals surface area contributed by atoms with Gasteiger partial charge in [-0.25, -0.2) is 0 Å². The van der Waals surface area contributed by atoms with Gasteiger partial charge in [0.25, 0.3) is 0 Å². The van der Waals surface area contributed by atoms with Gasteiger partial charge in [-0.15, -0.1) is 0 Å². The van der Waals surface area contributed by atoms with Crippen LogP contribution in [0, 0.1) is 5.92 Å². The highest BCUT2D eigenvalue weighted by atomic mass is 35.5. The van der Waals surface area contributed by atoms with Crippen LogP contribution in [0.2, 0.25) is 5.02 Å². The van der Waals surface area contributed by atoms with Crippen molar-refractivity contribution in [3.8, 4) is 5.88 Å². The molecule has 0 spiro atoms. The zero-order valence-corrected chi connectivity index (χ0v) is 10.9. The lowest BCUT2D eigenvalue weighted by Crippen LogP contribution is -2.12. The monoisotopic (exact) mass is 279 g/mol. The van der Waals surface area contributed by atoms with Gasteiger partial charge in [0.15, 0.2) is 5.84 Å². The fourth-order valence-electron chi connectivity index (χ4n) is 2.26. The Hall–Kier alpha value is -1.88. The largest absolute Gasteiger partial charge is 0.494 e. The summed E-state index contributed by atoms with van der Waals surface area (Å²) in [5, 5.41) is 23.7. The predicted molar refractivity (Wildman–Crippen MR) is 73.8 cm³/mol. The van der Waals surface area contributed by atoms with Gasteiger partial charge in [-0.3, -0.25) is 0 Å². The normalized spacial score (nSPS) is 16.2. The van der Waals surface area contributed by atoms with Crippen LogP contribution in [0.3, 0.4) is 0 Å². The Morgan fingerprint density at radius 3 is 2.84 bits per heavy atom. The number of aromatic hydroxyl groups is 1. The summed E-state index contributed by atoms with van der Waals surface area (Å²) in [7, 11) is 0. The number of oxime groups is 1. The highest BCUT2D eigenvalue weighted by Crippen LogP contribution is 2.38. The number of hydrogen-bond acceptors (Lipinski definition) is 3. The number of nitrogens with zero attached hydrogens (tertiary/aromatic N) is 2. The van der Waals surface area contributed by atoms with Crippen LogP contribution in [0.4, 0.5) is 0 Å². The molecule has 0 unspecified atom stereocenters. The molecule has 0 bridgehead atoms. The zero-order chi connectivity index (χ0) is 13.6. The van der Waals surface area contributed by atoms with E-state index in [1.54, 1.807) is 12.1 Å². The van der Waals surface area contributed by atoms with E-state index in [-0.39, 0.29) is 11.7 Å². The number of rotatable bonds is 3. The van der Waals surface area contributed by atoms with Gasteiger partial charge in [-0.1, -0.05) is 16.8 Å². The lowest BCUT2D eigenvalue weighted by atomic mass is 10.1. The molecule has 1 aromatic heterocycles. The fraction of sp³-hybridized carbons (Fsp3) is 0.308. The SMILES string of the molecule is NC(=NO)c1cc(Cl)c2c(O)n(CC3CC3)cc2c1. The molecule has 4 N–H and O–H groups in total. The second-order valence-corrected chi connectivity index (χ2v) is 5.36. The molecule has 1 aromatic carbocycles. The summed E-state index contributed by atoms with van der Waals surface area (Å²) in [4.78, 5) is 0. The Balaban J connectivity index is 2.13. The molecule has 0 saturated heterocycles. The van der Waals surface area contributed by atoms with E-state index in [1.165, 1.54) is 12.8 Å². The van der Waals surface area contributed by atoms with E-state index >= 15 is 0 Å². The zero-order valence-electron chi connectivity index (χ0n) is 10.2. The number of hydrogen-bond donors (Lipinski definition) is 3. The Morgan fingerprint density at radius 2 is 2.21 bits per heavy atom. The first-order valence-electron chi connectivity index (χ1n) is 6.09. The molecule has 6 heteroatoms. The summed E-state index contributed by atoms with van der Waals surface area (Å²) in [5.41, 5.74) is 6.09. The van der Waals surface area contributed by atoms with E-state index in [0.717, 1.165) is 11.9 Å². The minimum atomic E-state index is -0.00164. The molecule has 5 nitrogen and oxygen atoms in total. The first-order chi connectivity index (χ1) is 9.10. The van der Waals surface area contributed by atoms with Crippen molar-refractivity contribution in [2.75, 3.05) is 0 Å². The van der Waals surface area contributed by atoms with E-state index in [9.17, 15) is 5.11 Å². The molecule has 0 amide bonds. The van der Waals surface area contributed by atoms with E-state index < -0.39 is 0 Å². The average molecular weight is 280 g/mol. The molecule has 0 aliphatic heterocycles. The molecule has 0 atom stereocenters. The van der Waals surface area contributed by atoms with Crippen molar-refractivity contribution in [2.45, 2.75) is 19.4 Å². The van der Waals surface area contributed by atoms with Crippen molar-refractivity contribution in [1.82, 2.24) is 4.57 Å². The minimum absolute atomic E-state index is 0.00164. The molecule has 1 fully saturated rings. The Bertz CT molecular complexity index is 674. The lowest BCUT2D eigenvalue weighted by Gasteiger charge is -2.03. The molecule has 1 aliphatic rings. The molecule has 100 valence electrons. The number of benzene rings is 1. The van der Waals surface area contributed by atoms with Crippen LogP contribution in [0.1, 0.15) is 18.4 Å². The third kappa shape index (κ3) is 2.10. The summed E-state index contributed by atoms with van der Waals surface area (Å²) in [6.07, 6.45) is 4.26. The van der Waals surface area contributed by atoms with Crippen LogP contribution in [0.15, 0.2) is 23.5 Å². The molecule has 19 heavy (non-hydrogen) atoms. The van der Waals surface area contributed by atoms with Crippen LogP contribution < -0.4 is 5.73 Å². The lowest BCUT2D eigenvalue weighted by molar-refractivity contribution is 0.318. The van der Waals surface area contributed by atoms with E-state index in [1.807, 2.05) is 10.8 Å². The van der Waals surface area contributed by atoms with E-state index in [2.05, 4.69) is 5.16 Å². The van der Waals surface area contributed by atoms with Crippen LogP contribution in [-0.2, 0) is 6.54 Å². The van der Waals surface area contributed by atoms with Crippen molar-refractivity contribution < 1.29 is 10.3 Å². The Labute approximate surface area is 114 Å². The predicted octanol–water partition coefficient (Wildman–Crippen LogP) is 2.50.